The first-order chi connectivity index (χ1) is 8.61. The monoisotopic (exact) mass is 278 g/mol. The van der Waals surface area contributed by atoms with Gasteiger partial charge in [0, 0.05) is 10.9 Å². The van der Waals surface area contributed by atoms with E-state index in [4.69, 9.17) is 10.00 Å². The Morgan fingerprint density at radius 1 is 1.61 bits per heavy atom. The second-order valence-corrected chi connectivity index (χ2v) is 5.40. The van der Waals surface area contributed by atoms with E-state index in [0.29, 0.717) is 10.6 Å². The molecule has 0 bridgehead atoms. The maximum Gasteiger partial charge on any atom is 0.351 e. The number of aryl methyl sites for hydroxylation is 1. The van der Waals surface area contributed by atoms with Gasteiger partial charge in [-0.25, -0.2) is 9.78 Å². The minimum absolute atomic E-state index is 0.457. The molecule has 2 heterocycles. The maximum atomic E-state index is 11.8. The molecule has 0 spiro atoms. The van der Waals surface area contributed by atoms with Crippen LogP contribution >= 0.6 is 22.7 Å². The lowest BCUT2D eigenvalue weighted by atomic mass is 10.3. The van der Waals surface area contributed by atoms with Crippen molar-refractivity contribution in [1.29, 1.82) is 5.26 Å². The molecule has 0 saturated heterocycles. The van der Waals surface area contributed by atoms with Crippen LogP contribution in [0.2, 0.25) is 0 Å². The van der Waals surface area contributed by atoms with Gasteiger partial charge in [-0.05, 0) is 25.3 Å². The fourth-order valence-corrected chi connectivity index (χ4v) is 3.00. The Hall–Kier alpha value is -1.71. The summed E-state index contributed by atoms with van der Waals surface area (Å²) in [5, 5.41) is 13.4. The van der Waals surface area contributed by atoms with Crippen molar-refractivity contribution in [3.05, 3.63) is 27.4 Å². The number of nitriles is 1. The van der Waals surface area contributed by atoms with Crippen molar-refractivity contribution in [3.63, 3.8) is 0 Å². The summed E-state index contributed by atoms with van der Waals surface area (Å²) in [7, 11) is 0. The molecule has 6 heteroatoms. The molecule has 18 heavy (non-hydrogen) atoms. The summed E-state index contributed by atoms with van der Waals surface area (Å²) in [4.78, 5) is 16.6. The average molecular weight is 278 g/mol. The molecule has 1 unspecified atom stereocenters. The summed E-state index contributed by atoms with van der Waals surface area (Å²) >= 11 is 2.87. The SMILES string of the molecule is Cc1nc(-c2ccsc2)sc1C(=O)OC(C)C#N. The van der Waals surface area contributed by atoms with Crippen molar-refractivity contribution < 1.29 is 9.53 Å². The third-order valence-electron chi connectivity index (χ3n) is 2.22. The van der Waals surface area contributed by atoms with Crippen molar-refractivity contribution in [2.75, 3.05) is 0 Å². The van der Waals surface area contributed by atoms with E-state index in [2.05, 4.69) is 4.98 Å². The van der Waals surface area contributed by atoms with Crippen molar-refractivity contribution in [2.45, 2.75) is 20.0 Å². The summed E-state index contributed by atoms with van der Waals surface area (Å²) < 4.78 is 4.97. The number of thiophene rings is 1. The third kappa shape index (κ3) is 2.58. The quantitative estimate of drug-likeness (QED) is 0.808. The van der Waals surface area contributed by atoms with Crippen LogP contribution in [0.25, 0.3) is 10.6 Å². The lowest BCUT2D eigenvalue weighted by Gasteiger charge is -2.03. The van der Waals surface area contributed by atoms with Gasteiger partial charge in [0.1, 0.15) is 16.0 Å². The van der Waals surface area contributed by atoms with Crippen LogP contribution < -0.4 is 0 Å². The zero-order chi connectivity index (χ0) is 13.1. The number of carbonyl (C=O) groups excluding carboxylic acids is 1. The molecule has 2 aromatic heterocycles. The Balaban J connectivity index is 2.25. The zero-order valence-electron chi connectivity index (χ0n) is 9.84. The second kappa shape index (κ2) is 5.29. The van der Waals surface area contributed by atoms with Gasteiger partial charge in [0.15, 0.2) is 6.10 Å². The molecule has 0 saturated carbocycles. The Morgan fingerprint density at radius 2 is 2.39 bits per heavy atom. The van der Waals surface area contributed by atoms with Crippen molar-refractivity contribution in [3.8, 4) is 16.6 Å². The first-order valence-corrected chi connectivity index (χ1v) is 6.98. The summed E-state index contributed by atoms with van der Waals surface area (Å²) in [6, 6.07) is 3.82. The van der Waals surface area contributed by atoms with Crippen LogP contribution in [0.3, 0.4) is 0 Å². The Bertz CT molecular complexity index is 596. The van der Waals surface area contributed by atoms with Crippen LogP contribution in [0.4, 0.5) is 0 Å². The summed E-state index contributed by atoms with van der Waals surface area (Å²) in [6.45, 7) is 3.30. The molecule has 0 fully saturated rings. The Kier molecular flexibility index (Phi) is 3.75. The van der Waals surface area contributed by atoms with E-state index in [9.17, 15) is 4.79 Å². The summed E-state index contributed by atoms with van der Waals surface area (Å²) in [6.07, 6.45) is -0.747. The number of hydrogen-bond donors (Lipinski definition) is 0. The maximum absolute atomic E-state index is 11.8. The summed E-state index contributed by atoms with van der Waals surface area (Å²) in [5.74, 6) is -0.486. The lowest BCUT2D eigenvalue weighted by Crippen LogP contribution is -2.12. The molecule has 0 N–H and O–H groups in total. The minimum Gasteiger partial charge on any atom is -0.443 e. The molecule has 0 aliphatic carbocycles. The highest BCUT2D eigenvalue weighted by Gasteiger charge is 2.19. The fourth-order valence-electron chi connectivity index (χ4n) is 1.34. The van der Waals surface area contributed by atoms with E-state index >= 15 is 0 Å². The van der Waals surface area contributed by atoms with Gasteiger partial charge in [-0.1, -0.05) is 0 Å². The van der Waals surface area contributed by atoms with Gasteiger partial charge in [-0.3, -0.25) is 0 Å². The van der Waals surface area contributed by atoms with E-state index in [1.807, 2.05) is 22.9 Å². The predicted molar refractivity (Wildman–Crippen MR) is 70.7 cm³/mol. The Morgan fingerprint density at radius 3 is 3.00 bits per heavy atom. The van der Waals surface area contributed by atoms with Crippen LogP contribution in [-0.2, 0) is 4.74 Å². The molecule has 4 nitrogen and oxygen atoms in total. The highest BCUT2D eigenvalue weighted by molar-refractivity contribution is 7.17. The van der Waals surface area contributed by atoms with E-state index < -0.39 is 12.1 Å². The fraction of sp³-hybridized carbons (Fsp3) is 0.250. The molecule has 0 amide bonds. The molecule has 1 atom stereocenters. The van der Waals surface area contributed by atoms with Gasteiger partial charge in [-0.15, -0.1) is 11.3 Å². The number of thiazole rings is 1. The molecule has 2 rings (SSSR count). The van der Waals surface area contributed by atoms with E-state index in [1.165, 1.54) is 18.3 Å². The van der Waals surface area contributed by atoms with Gasteiger partial charge in [0.2, 0.25) is 0 Å². The normalized spacial score (nSPS) is 11.8. The molecule has 0 aromatic carbocycles. The predicted octanol–water partition coefficient (Wildman–Crippen LogP) is 3.25. The average Bonchev–Trinajstić information content (AvgIpc) is 2.97. The third-order valence-corrected chi connectivity index (χ3v) is 4.09. The van der Waals surface area contributed by atoms with Crippen molar-refractivity contribution in [2.24, 2.45) is 0 Å². The first-order valence-electron chi connectivity index (χ1n) is 5.22. The molecule has 0 aliphatic rings. The van der Waals surface area contributed by atoms with Crippen LogP contribution in [-0.4, -0.2) is 17.1 Å². The van der Waals surface area contributed by atoms with Gasteiger partial charge in [0.05, 0.1) is 5.69 Å². The van der Waals surface area contributed by atoms with Crippen LogP contribution in [0, 0.1) is 18.3 Å². The highest BCUT2D eigenvalue weighted by Crippen LogP contribution is 2.29. The molecule has 2 aromatic rings. The number of hydrogen-bond acceptors (Lipinski definition) is 6. The number of carbonyl (C=O) groups is 1. The van der Waals surface area contributed by atoms with E-state index in [0.717, 1.165) is 10.6 Å². The lowest BCUT2D eigenvalue weighted by molar-refractivity contribution is 0.0440. The molecular weight excluding hydrogens is 268 g/mol. The minimum atomic E-state index is -0.747. The molecular formula is C12H10N2O2S2. The molecule has 0 radical (unpaired) electrons. The summed E-state index contributed by atoms with van der Waals surface area (Å²) in [5.41, 5.74) is 1.64. The van der Waals surface area contributed by atoms with Crippen LogP contribution in [0.15, 0.2) is 16.8 Å². The molecule has 92 valence electrons. The van der Waals surface area contributed by atoms with E-state index in [-0.39, 0.29) is 0 Å². The van der Waals surface area contributed by atoms with Gasteiger partial charge < -0.3 is 4.74 Å². The highest BCUT2D eigenvalue weighted by atomic mass is 32.1. The van der Waals surface area contributed by atoms with Crippen LogP contribution in [0.1, 0.15) is 22.3 Å². The topological polar surface area (TPSA) is 63.0 Å². The largest absolute Gasteiger partial charge is 0.443 e. The Labute approximate surface area is 112 Å². The number of rotatable bonds is 3. The van der Waals surface area contributed by atoms with Crippen LogP contribution in [0.5, 0.6) is 0 Å². The van der Waals surface area contributed by atoms with Crippen molar-refractivity contribution in [1.82, 2.24) is 4.98 Å². The number of nitrogens with zero attached hydrogens (tertiary/aromatic N) is 2. The zero-order valence-corrected chi connectivity index (χ0v) is 11.5. The van der Waals surface area contributed by atoms with Gasteiger partial charge in [-0.2, -0.15) is 16.6 Å². The number of ether oxygens (including phenoxy) is 1. The molecule has 0 aliphatic heterocycles. The number of aromatic nitrogens is 1. The van der Waals surface area contributed by atoms with Gasteiger partial charge in [0.25, 0.3) is 0 Å². The second-order valence-electron chi connectivity index (χ2n) is 3.62. The number of esters is 1. The van der Waals surface area contributed by atoms with Crippen molar-refractivity contribution >= 4 is 28.6 Å². The smallest absolute Gasteiger partial charge is 0.351 e. The standard InChI is InChI=1S/C12H10N2O2S2/c1-7(5-13)16-12(15)10-8(2)14-11(18-10)9-3-4-17-6-9/h3-4,6-7H,1-2H3. The van der Waals surface area contributed by atoms with Gasteiger partial charge >= 0.3 is 5.97 Å². The first kappa shape index (κ1) is 12.7. The van der Waals surface area contributed by atoms with E-state index in [1.54, 1.807) is 18.3 Å².